The van der Waals surface area contributed by atoms with Crippen LogP contribution >= 0.6 is 11.6 Å². The van der Waals surface area contributed by atoms with Crippen LogP contribution in [0.15, 0.2) is 29.2 Å². The number of aliphatic hydroxyl groups excluding tert-OH is 1. The second-order valence-corrected chi connectivity index (χ2v) is 6.71. The first-order valence-corrected chi connectivity index (χ1v) is 7.95. The van der Waals surface area contributed by atoms with E-state index >= 15 is 0 Å². The van der Waals surface area contributed by atoms with E-state index in [9.17, 15) is 8.42 Å². The quantitative estimate of drug-likeness (QED) is 0.887. The van der Waals surface area contributed by atoms with Crippen LogP contribution in [0, 0.1) is 0 Å². The van der Waals surface area contributed by atoms with Gasteiger partial charge in [0.2, 0.25) is 10.0 Å². The summed E-state index contributed by atoms with van der Waals surface area (Å²) >= 11 is 5.96. The average Bonchev–Trinajstić information content (AvgIpc) is 2.40. The third-order valence-electron chi connectivity index (χ3n) is 3.20. The Hall–Kier alpha value is -0.660. The van der Waals surface area contributed by atoms with E-state index in [0.29, 0.717) is 32.7 Å². The number of piperazine rings is 1. The molecule has 1 heterocycles. The maximum atomic E-state index is 12.4. The summed E-state index contributed by atoms with van der Waals surface area (Å²) in [6, 6.07) is 6.48. The Morgan fingerprint density at radius 2 is 1.79 bits per heavy atom. The number of hydrogen-bond acceptors (Lipinski definition) is 4. The monoisotopic (exact) mass is 304 g/mol. The van der Waals surface area contributed by atoms with Gasteiger partial charge in [-0.15, -0.1) is 0 Å². The van der Waals surface area contributed by atoms with Gasteiger partial charge in [0.15, 0.2) is 0 Å². The fourth-order valence-corrected chi connectivity index (χ4v) is 4.04. The summed E-state index contributed by atoms with van der Waals surface area (Å²) in [5, 5.41) is 9.12. The van der Waals surface area contributed by atoms with Crippen molar-refractivity contribution in [3.63, 3.8) is 0 Å². The fraction of sp³-hybridized carbons (Fsp3) is 0.500. The summed E-state index contributed by atoms with van der Waals surface area (Å²) in [5.74, 6) is 0. The Bertz CT molecular complexity index is 528. The van der Waals surface area contributed by atoms with E-state index in [1.807, 2.05) is 4.90 Å². The van der Waals surface area contributed by atoms with Crippen molar-refractivity contribution in [1.29, 1.82) is 0 Å². The maximum absolute atomic E-state index is 12.4. The minimum absolute atomic E-state index is 0.0945. The van der Waals surface area contributed by atoms with Gasteiger partial charge in [0.05, 0.1) is 11.6 Å². The van der Waals surface area contributed by atoms with Crippen LogP contribution in [-0.4, -0.2) is 62.1 Å². The molecule has 1 N–H and O–H groups in total. The van der Waals surface area contributed by atoms with Crippen LogP contribution < -0.4 is 0 Å². The number of aliphatic hydroxyl groups is 1. The summed E-state index contributed by atoms with van der Waals surface area (Å²) < 4.78 is 26.3. The van der Waals surface area contributed by atoms with Gasteiger partial charge in [-0.05, 0) is 12.1 Å². The molecule has 1 fully saturated rings. The molecular weight excluding hydrogens is 288 g/mol. The van der Waals surface area contributed by atoms with Crippen LogP contribution in [0.25, 0.3) is 0 Å². The first-order valence-electron chi connectivity index (χ1n) is 6.13. The van der Waals surface area contributed by atoms with Crippen LogP contribution in [0.1, 0.15) is 0 Å². The average molecular weight is 305 g/mol. The molecule has 0 atom stereocenters. The van der Waals surface area contributed by atoms with Crippen LogP contribution in [0.3, 0.4) is 0 Å². The third kappa shape index (κ3) is 3.27. The molecule has 0 radical (unpaired) electrons. The second-order valence-electron chi connectivity index (χ2n) is 4.40. The van der Waals surface area contributed by atoms with Crippen molar-refractivity contribution in [2.75, 3.05) is 39.3 Å². The Morgan fingerprint density at radius 1 is 1.16 bits per heavy atom. The molecule has 1 aromatic carbocycles. The molecule has 0 unspecified atom stereocenters. The van der Waals surface area contributed by atoms with E-state index in [4.69, 9.17) is 16.7 Å². The van der Waals surface area contributed by atoms with E-state index in [1.165, 1.54) is 10.4 Å². The van der Waals surface area contributed by atoms with Crippen molar-refractivity contribution in [1.82, 2.24) is 9.21 Å². The lowest BCUT2D eigenvalue weighted by Crippen LogP contribution is -2.49. The van der Waals surface area contributed by atoms with Gasteiger partial charge in [-0.3, -0.25) is 4.90 Å². The van der Waals surface area contributed by atoms with Gasteiger partial charge in [-0.1, -0.05) is 23.7 Å². The van der Waals surface area contributed by atoms with Gasteiger partial charge in [0.25, 0.3) is 0 Å². The molecule has 1 saturated heterocycles. The fourth-order valence-electron chi connectivity index (χ4n) is 2.13. The lowest BCUT2D eigenvalue weighted by atomic mass is 10.4. The van der Waals surface area contributed by atoms with E-state index in [2.05, 4.69) is 0 Å². The molecule has 0 saturated carbocycles. The van der Waals surface area contributed by atoms with Crippen molar-refractivity contribution < 1.29 is 13.5 Å². The maximum Gasteiger partial charge on any atom is 0.244 e. The minimum atomic E-state index is -3.52. The predicted octanol–water partition coefficient (Wildman–Crippen LogP) is 0.639. The van der Waals surface area contributed by atoms with E-state index in [0.717, 1.165) is 0 Å². The first-order chi connectivity index (χ1) is 9.05. The number of benzene rings is 1. The first kappa shape index (κ1) is 14.7. The summed E-state index contributed by atoms with van der Waals surface area (Å²) in [5.41, 5.74) is 0. The summed E-state index contributed by atoms with van der Waals surface area (Å²) in [6.45, 7) is 2.78. The SMILES string of the molecule is O=S(=O)(c1ccccc1Cl)N1CCN(CCO)CC1. The molecule has 0 spiro atoms. The molecule has 7 heteroatoms. The van der Waals surface area contributed by atoms with Gasteiger partial charge in [-0.2, -0.15) is 4.31 Å². The molecule has 2 rings (SSSR count). The molecule has 5 nitrogen and oxygen atoms in total. The zero-order valence-corrected chi connectivity index (χ0v) is 12.1. The van der Waals surface area contributed by atoms with Gasteiger partial charge >= 0.3 is 0 Å². The highest BCUT2D eigenvalue weighted by Crippen LogP contribution is 2.24. The Labute approximate surface area is 118 Å². The van der Waals surface area contributed by atoms with Crippen LogP contribution in [0.5, 0.6) is 0 Å². The molecule has 0 bridgehead atoms. The number of halogens is 1. The number of hydrogen-bond donors (Lipinski definition) is 1. The molecule has 1 aliphatic heterocycles. The Kier molecular flexibility index (Phi) is 4.81. The van der Waals surface area contributed by atoms with Crippen molar-refractivity contribution in [3.8, 4) is 0 Å². The number of nitrogens with zero attached hydrogens (tertiary/aromatic N) is 2. The lowest BCUT2D eigenvalue weighted by Gasteiger charge is -2.33. The van der Waals surface area contributed by atoms with Crippen molar-refractivity contribution in [2.45, 2.75) is 4.90 Å². The van der Waals surface area contributed by atoms with Gasteiger partial charge in [0.1, 0.15) is 4.90 Å². The molecular formula is C12H17ClN2O3S. The van der Waals surface area contributed by atoms with Crippen LogP contribution in [-0.2, 0) is 10.0 Å². The van der Waals surface area contributed by atoms with E-state index in [1.54, 1.807) is 18.2 Å². The molecule has 1 aromatic rings. The molecule has 0 amide bonds. The molecule has 0 aliphatic carbocycles. The zero-order chi connectivity index (χ0) is 13.9. The normalized spacial score (nSPS) is 18.6. The summed E-state index contributed by atoms with van der Waals surface area (Å²) in [4.78, 5) is 2.20. The molecule has 106 valence electrons. The highest BCUT2D eigenvalue weighted by Gasteiger charge is 2.29. The van der Waals surface area contributed by atoms with Crippen molar-refractivity contribution in [2.24, 2.45) is 0 Å². The lowest BCUT2D eigenvalue weighted by molar-refractivity contribution is 0.151. The summed E-state index contributed by atoms with van der Waals surface area (Å²) in [7, 11) is -3.52. The van der Waals surface area contributed by atoms with E-state index in [-0.39, 0.29) is 16.5 Å². The Balaban J connectivity index is 2.12. The Morgan fingerprint density at radius 3 is 2.37 bits per heavy atom. The van der Waals surface area contributed by atoms with E-state index < -0.39 is 10.0 Å². The number of rotatable bonds is 4. The van der Waals surface area contributed by atoms with Crippen LogP contribution in [0.2, 0.25) is 5.02 Å². The minimum Gasteiger partial charge on any atom is -0.395 e. The number of sulfonamides is 1. The molecule has 0 aromatic heterocycles. The van der Waals surface area contributed by atoms with Crippen LogP contribution in [0.4, 0.5) is 0 Å². The smallest absolute Gasteiger partial charge is 0.244 e. The van der Waals surface area contributed by atoms with Gasteiger partial charge < -0.3 is 5.11 Å². The predicted molar refractivity (Wildman–Crippen MR) is 73.7 cm³/mol. The largest absolute Gasteiger partial charge is 0.395 e. The highest BCUT2D eigenvalue weighted by molar-refractivity contribution is 7.89. The summed E-state index contributed by atoms with van der Waals surface area (Å²) in [6.07, 6.45) is 0. The van der Waals surface area contributed by atoms with Gasteiger partial charge in [0, 0.05) is 32.7 Å². The topological polar surface area (TPSA) is 60.9 Å². The second kappa shape index (κ2) is 6.19. The standard InChI is InChI=1S/C12H17ClN2O3S/c13-11-3-1-2-4-12(11)19(17,18)15-7-5-14(6-8-15)9-10-16/h1-4,16H,5-10H2. The highest BCUT2D eigenvalue weighted by atomic mass is 35.5. The van der Waals surface area contributed by atoms with Crippen molar-refractivity contribution in [3.05, 3.63) is 29.3 Å². The van der Waals surface area contributed by atoms with Gasteiger partial charge in [-0.25, -0.2) is 8.42 Å². The number of β-amino-alcohol motifs (C(OH)–C–C–N with tert-alkyl or cyclic N) is 1. The zero-order valence-electron chi connectivity index (χ0n) is 10.5. The molecule has 1 aliphatic rings. The third-order valence-corrected chi connectivity index (χ3v) is 5.60. The van der Waals surface area contributed by atoms with Crippen molar-refractivity contribution >= 4 is 21.6 Å². The molecule has 19 heavy (non-hydrogen) atoms.